The van der Waals surface area contributed by atoms with Crippen LogP contribution in [0.15, 0.2) is 48.5 Å². The van der Waals surface area contributed by atoms with Gasteiger partial charge in [-0.2, -0.15) is 0 Å². The first-order chi connectivity index (χ1) is 16.6. The van der Waals surface area contributed by atoms with Crippen LogP contribution < -0.4 is 5.32 Å². The number of rotatable bonds is 6. The molecule has 0 saturated heterocycles. The van der Waals surface area contributed by atoms with Crippen LogP contribution in [0.4, 0.5) is 4.79 Å². The van der Waals surface area contributed by atoms with Gasteiger partial charge in [0.25, 0.3) is 0 Å². The third-order valence-corrected chi connectivity index (χ3v) is 8.00. The van der Waals surface area contributed by atoms with E-state index in [0.717, 1.165) is 35.1 Å². The quantitative estimate of drug-likeness (QED) is 0.622. The molecule has 2 aromatic rings. The third-order valence-electron chi connectivity index (χ3n) is 8.00. The summed E-state index contributed by atoms with van der Waals surface area (Å²) in [5.74, 6) is -1.41. The van der Waals surface area contributed by atoms with Crippen LogP contribution in [0.2, 0.25) is 0 Å². The summed E-state index contributed by atoms with van der Waals surface area (Å²) in [6.07, 6.45) is 2.36. The summed E-state index contributed by atoms with van der Waals surface area (Å²) >= 11 is 0. The molecule has 0 heterocycles. The fourth-order valence-corrected chi connectivity index (χ4v) is 5.38. The summed E-state index contributed by atoms with van der Waals surface area (Å²) in [6.45, 7) is 5.03. The van der Waals surface area contributed by atoms with Crippen molar-refractivity contribution in [2.75, 3.05) is 13.7 Å². The first kappa shape index (κ1) is 24.8. The molecule has 4 rings (SSSR count). The molecule has 1 fully saturated rings. The summed E-state index contributed by atoms with van der Waals surface area (Å²) in [5.41, 5.74) is 2.32. The van der Waals surface area contributed by atoms with Crippen molar-refractivity contribution in [3.8, 4) is 11.1 Å². The molecule has 1 saturated carbocycles. The highest BCUT2D eigenvalue weighted by Crippen LogP contribution is 2.44. The molecule has 186 valence electrons. The van der Waals surface area contributed by atoms with E-state index in [1.807, 2.05) is 31.2 Å². The predicted molar refractivity (Wildman–Crippen MR) is 133 cm³/mol. The zero-order chi connectivity index (χ0) is 25.4. The third kappa shape index (κ3) is 4.40. The fraction of sp³-hybridized carbons (Fsp3) is 0.464. The number of hydrogen-bond acceptors (Lipinski definition) is 4. The molecule has 2 unspecified atom stereocenters. The van der Waals surface area contributed by atoms with Crippen LogP contribution in [0.3, 0.4) is 0 Å². The van der Waals surface area contributed by atoms with E-state index in [1.54, 1.807) is 0 Å². The van der Waals surface area contributed by atoms with E-state index in [4.69, 9.17) is 4.74 Å². The van der Waals surface area contributed by atoms with Crippen LogP contribution in [-0.4, -0.2) is 53.2 Å². The molecule has 0 aromatic heterocycles. The van der Waals surface area contributed by atoms with Crippen molar-refractivity contribution in [3.05, 3.63) is 59.7 Å². The maximum absolute atomic E-state index is 13.5. The standard InChI is InChI=1S/C28H34N2O5/c1-27(2,25(32)33)30(4)24(31)28(3)16-10-9-15-23(28)29-26(34)35-17-22-20-13-7-5-11-18(20)19-12-6-8-14-21(19)22/h5-8,11-14,22-23H,9-10,15-17H2,1-4H3,(H,29,34)(H,32,33). The lowest BCUT2D eigenvalue weighted by atomic mass is 9.70. The van der Waals surface area contributed by atoms with E-state index in [9.17, 15) is 19.5 Å². The van der Waals surface area contributed by atoms with E-state index < -0.39 is 29.1 Å². The summed E-state index contributed by atoms with van der Waals surface area (Å²) < 4.78 is 5.71. The fourth-order valence-electron chi connectivity index (χ4n) is 5.38. The normalized spacial score (nSPS) is 21.5. The minimum Gasteiger partial charge on any atom is -0.480 e. The Kier molecular flexibility index (Phi) is 6.62. The smallest absolute Gasteiger partial charge is 0.407 e. The van der Waals surface area contributed by atoms with Gasteiger partial charge in [0.15, 0.2) is 0 Å². The number of ether oxygens (including phenoxy) is 1. The summed E-state index contributed by atoms with van der Waals surface area (Å²) in [6, 6.07) is 15.9. The van der Waals surface area contributed by atoms with Crippen LogP contribution in [0.25, 0.3) is 11.1 Å². The topological polar surface area (TPSA) is 95.9 Å². The lowest BCUT2D eigenvalue weighted by Gasteiger charge is -2.45. The van der Waals surface area contributed by atoms with Crippen molar-refractivity contribution in [1.82, 2.24) is 10.2 Å². The number of hydrogen-bond donors (Lipinski definition) is 2. The van der Waals surface area contributed by atoms with Gasteiger partial charge in [0.05, 0.1) is 5.41 Å². The maximum Gasteiger partial charge on any atom is 0.407 e. The molecule has 0 radical (unpaired) electrons. The molecule has 2 N–H and O–H groups in total. The number of amides is 2. The molecule has 2 aliphatic carbocycles. The molecule has 2 atom stereocenters. The lowest BCUT2D eigenvalue weighted by molar-refractivity contribution is -0.161. The van der Waals surface area contributed by atoms with Gasteiger partial charge < -0.3 is 20.1 Å². The second kappa shape index (κ2) is 9.36. The van der Waals surface area contributed by atoms with Crippen molar-refractivity contribution >= 4 is 18.0 Å². The van der Waals surface area contributed by atoms with Gasteiger partial charge in [0.1, 0.15) is 12.1 Å². The number of fused-ring (bicyclic) bond motifs is 3. The minimum absolute atomic E-state index is 0.0463. The van der Waals surface area contributed by atoms with Crippen LogP contribution in [0, 0.1) is 5.41 Å². The Balaban J connectivity index is 1.46. The van der Waals surface area contributed by atoms with Gasteiger partial charge in [0, 0.05) is 19.0 Å². The zero-order valence-corrected chi connectivity index (χ0v) is 20.8. The van der Waals surface area contributed by atoms with Gasteiger partial charge in [-0.25, -0.2) is 9.59 Å². The Morgan fingerprint density at radius 3 is 2.20 bits per heavy atom. The molecular formula is C28H34N2O5. The number of carbonyl (C=O) groups is 3. The molecule has 0 bridgehead atoms. The second-order valence-electron chi connectivity index (χ2n) is 10.4. The monoisotopic (exact) mass is 478 g/mol. The van der Waals surface area contributed by atoms with Crippen molar-refractivity contribution in [1.29, 1.82) is 0 Å². The van der Waals surface area contributed by atoms with Crippen molar-refractivity contribution in [3.63, 3.8) is 0 Å². The van der Waals surface area contributed by atoms with Crippen LogP contribution in [0.5, 0.6) is 0 Å². The molecule has 2 amide bonds. The number of carbonyl (C=O) groups excluding carboxylic acids is 2. The number of aliphatic carboxylic acids is 1. The molecule has 7 heteroatoms. The number of likely N-dealkylation sites (N-methyl/N-ethyl adjacent to an activating group) is 1. The van der Waals surface area contributed by atoms with Crippen LogP contribution in [0.1, 0.15) is 63.5 Å². The van der Waals surface area contributed by atoms with Gasteiger partial charge in [-0.05, 0) is 55.9 Å². The molecule has 0 spiro atoms. The average molecular weight is 479 g/mol. The van der Waals surface area contributed by atoms with Gasteiger partial charge in [0.2, 0.25) is 5.91 Å². The summed E-state index contributed by atoms with van der Waals surface area (Å²) in [5, 5.41) is 12.5. The highest BCUT2D eigenvalue weighted by Gasteiger charge is 2.49. The van der Waals surface area contributed by atoms with Gasteiger partial charge >= 0.3 is 12.1 Å². The van der Waals surface area contributed by atoms with E-state index in [0.29, 0.717) is 12.8 Å². The second-order valence-corrected chi connectivity index (χ2v) is 10.4. The number of carboxylic acid groups (broad SMARTS) is 1. The maximum atomic E-state index is 13.5. The predicted octanol–water partition coefficient (Wildman–Crippen LogP) is 4.80. The number of benzene rings is 2. The van der Waals surface area contributed by atoms with E-state index in [-0.39, 0.29) is 18.4 Å². The Hall–Kier alpha value is -3.35. The first-order valence-corrected chi connectivity index (χ1v) is 12.2. The van der Waals surface area contributed by atoms with Crippen molar-refractivity contribution in [2.24, 2.45) is 5.41 Å². The van der Waals surface area contributed by atoms with E-state index >= 15 is 0 Å². The molecule has 35 heavy (non-hydrogen) atoms. The molecule has 7 nitrogen and oxygen atoms in total. The van der Waals surface area contributed by atoms with Gasteiger partial charge in [-0.1, -0.05) is 61.4 Å². The largest absolute Gasteiger partial charge is 0.480 e. The average Bonchev–Trinajstić information content (AvgIpc) is 3.17. The molecule has 2 aliphatic rings. The Morgan fingerprint density at radius 2 is 1.63 bits per heavy atom. The minimum atomic E-state index is -1.36. The van der Waals surface area contributed by atoms with E-state index in [2.05, 4.69) is 29.6 Å². The Bertz CT molecular complexity index is 1100. The lowest BCUT2D eigenvalue weighted by Crippen LogP contribution is -2.61. The van der Waals surface area contributed by atoms with Gasteiger partial charge in [-0.15, -0.1) is 0 Å². The number of nitrogens with zero attached hydrogens (tertiary/aromatic N) is 1. The molecule has 0 aliphatic heterocycles. The van der Waals surface area contributed by atoms with Gasteiger partial charge in [-0.3, -0.25) is 4.79 Å². The van der Waals surface area contributed by atoms with Crippen LogP contribution >= 0.6 is 0 Å². The number of carboxylic acids is 1. The van der Waals surface area contributed by atoms with Crippen molar-refractivity contribution < 1.29 is 24.2 Å². The molecular weight excluding hydrogens is 444 g/mol. The SMILES string of the molecule is CN(C(=O)C1(C)CCCCC1NC(=O)OCC1c2ccccc2-c2ccccc21)C(C)(C)C(=O)O. The number of nitrogens with one attached hydrogen (secondary N) is 1. The number of alkyl carbamates (subject to hydrolysis) is 1. The summed E-state index contributed by atoms with van der Waals surface area (Å²) in [4.78, 5) is 39.4. The van der Waals surface area contributed by atoms with Crippen LogP contribution in [-0.2, 0) is 14.3 Å². The molecule has 2 aromatic carbocycles. The highest BCUT2D eigenvalue weighted by atomic mass is 16.5. The summed E-state index contributed by atoms with van der Waals surface area (Å²) in [7, 11) is 1.51. The first-order valence-electron chi connectivity index (χ1n) is 12.2. The Morgan fingerprint density at radius 1 is 1.06 bits per heavy atom. The highest BCUT2D eigenvalue weighted by molar-refractivity contribution is 5.90. The van der Waals surface area contributed by atoms with E-state index in [1.165, 1.54) is 25.8 Å². The zero-order valence-electron chi connectivity index (χ0n) is 20.8. The Labute approximate surface area is 206 Å². The van der Waals surface area contributed by atoms with Crippen molar-refractivity contribution in [2.45, 2.75) is 64.0 Å².